The van der Waals surface area contributed by atoms with Crippen LogP contribution in [0.25, 0.3) is 28.2 Å². The Balaban J connectivity index is 2.08. The number of aromatic nitrogens is 3. The lowest BCUT2D eigenvalue weighted by molar-refractivity contribution is 0.810. The highest BCUT2D eigenvalue weighted by Gasteiger charge is 2.17. The summed E-state index contributed by atoms with van der Waals surface area (Å²) in [5, 5.41) is 23.4. The monoisotopic (exact) mass is 375 g/mol. The molecular formula is C23H13N5O. The van der Waals surface area contributed by atoms with Gasteiger partial charge >= 0.3 is 0 Å². The zero-order valence-corrected chi connectivity index (χ0v) is 15.1. The summed E-state index contributed by atoms with van der Waals surface area (Å²) in [4.78, 5) is 17.7. The second-order valence-corrected chi connectivity index (χ2v) is 6.16. The minimum atomic E-state index is -0.421. The molecule has 0 amide bonds. The number of hydrogen-bond acceptors (Lipinski definition) is 5. The van der Waals surface area contributed by atoms with Crippen molar-refractivity contribution in [3.63, 3.8) is 0 Å². The minimum Gasteiger partial charge on any atom is -0.267 e. The van der Waals surface area contributed by atoms with Gasteiger partial charge in [0.2, 0.25) is 0 Å². The summed E-state index contributed by atoms with van der Waals surface area (Å²) in [6, 6.07) is 24.9. The number of hydrogen-bond donors (Lipinski definition) is 0. The zero-order valence-electron chi connectivity index (χ0n) is 15.1. The van der Waals surface area contributed by atoms with Crippen molar-refractivity contribution in [1.29, 1.82) is 10.5 Å². The van der Waals surface area contributed by atoms with Gasteiger partial charge in [-0.15, -0.1) is 0 Å². The van der Waals surface area contributed by atoms with Crippen LogP contribution in [0, 0.1) is 22.7 Å². The van der Waals surface area contributed by atoms with Gasteiger partial charge in [-0.2, -0.15) is 20.3 Å². The molecule has 0 bridgehead atoms. The fourth-order valence-corrected chi connectivity index (χ4v) is 3.06. The second-order valence-electron chi connectivity index (χ2n) is 6.16. The lowest BCUT2D eigenvalue weighted by atomic mass is 10.0. The van der Waals surface area contributed by atoms with Crippen LogP contribution in [0.1, 0.15) is 11.1 Å². The number of rotatable bonds is 3. The van der Waals surface area contributed by atoms with Gasteiger partial charge < -0.3 is 0 Å². The molecule has 0 fully saturated rings. The zero-order chi connectivity index (χ0) is 20.2. The van der Waals surface area contributed by atoms with Crippen LogP contribution < -0.4 is 5.56 Å². The smallest absolute Gasteiger partial charge is 0.267 e. The van der Waals surface area contributed by atoms with Crippen molar-refractivity contribution >= 4 is 0 Å². The van der Waals surface area contributed by atoms with Crippen molar-refractivity contribution in [2.75, 3.05) is 0 Å². The van der Waals surface area contributed by atoms with Crippen LogP contribution in [0.4, 0.5) is 0 Å². The highest BCUT2D eigenvalue weighted by atomic mass is 16.1. The van der Waals surface area contributed by atoms with E-state index in [0.717, 1.165) is 0 Å². The van der Waals surface area contributed by atoms with Crippen molar-refractivity contribution < 1.29 is 0 Å². The Bertz CT molecular complexity index is 1260. The van der Waals surface area contributed by atoms with Crippen molar-refractivity contribution in [3.05, 3.63) is 100 Å². The summed E-state index contributed by atoms with van der Waals surface area (Å²) in [6.07, 6.45) is 1.64. The van der Waals surface area contributed by atoms with Crippen LogP contribution in [0.15, 0.2) is 83.8 Å². The van der Waals surface area contributed by atoms with Crippen LogP contribution in [0.3, 0.4) is 0 Å². The maximum atomic E-state index is 13.4. The molecule has 0 aliphatic rings. The molecule has 2 aromatic carbocycles. The maximum absolute atomic E-state index is 13.4. The van der Waals surface area contributed by atoms with E-state index < -0.39 is 5.56 Å². The predicted octanol–water partition coefficient (Wildman–Crippen LogP) is 3.70. The molecule has 0 spiro atoms. The molecule has 0 atom stereocenters. The van der Waals surface area contributed by atoms with Gasteiger partial charge in [0, 0.05) is 11.8 Å². The molecule has 0 aliphatic carbocycles. The number of para-hydroxylation sites is 1. The summed E-state index contributed by atoms with van der Waals surface area (Å²) in [6.45, 7) is 0. The first kappa shape index (κ1) is 17.8. The van der Waals surface area contributed by atoms with E-state index >= 15 is 0 Å². The molecule has 29 heavy (non-hydrogen) atoms. The summed E-state index contributed by atoms with van der Waals surface area (Å²) in [7, 11) is 0. The lowest BCUT2D eigenvalue weighted by Gasteiger charge is -2.12. The third kappa shape index (κ3) is 3.27. The van der Waals surface area contributed by atoms with E-state index in [1.807, 2.05) is 6.07 Å². The second kappa shape index (κ2) is 7.59. The van der Waals surface area contributed by atoms with E-state index in [4.69, 9.17) is 0 Å². The average Bonchev–Trinajstić information content (AvgIpc) is 2.80. The normalized spacial score (nSPS) is 10.1. The molecular weight excluding hydrogens is 362 g/mol. The number of benzene rings is 2. The average molecular weight is 375 g/mol. The van der Waals surface area contributed by atoms with Crippen LogP contribution in [0.2, 0.25) is 0 Å². The van der Waals surface area contributed by atoms with Crippen LogP contribution in [-0.2, 0) is 0 Å². The first-order valence-corrected chi connectivity index (χ1v) is 8.77. The largest absolute Gasteiger partial charge is 0.279 e. The molecule has 6 heteroatoms. The van der Waals surface area contributed by atoms with Gasteiger partial charge in [-0.1, -0.05) is 36.4 Å². The van der Waals surface area contributed by atoms with Crippen LogP contribution in [-0.4, -0.2) is 14.8 Å². The van der Waals surface area contributed by atoms with E-state index in [2.05, 4.69) is 22.2 Å². The predicted molar refractivity (Wildman–Crippen MR) is 108 cm³/mol. The summed E-state index contributed by atoms with van der Waals surface area (Å²) in [5.41, 5.74) is 2.49. The molecule has 2 heterocycles. The van der Waals surface area contributed by atoms with Crippen LogP contribution >= 0.6 is 0 Å². The Hall–Kier alpha value is -4.55. The molecule has 0 saturated carbocycles. The number of pyridine rings is 1. The summed E-state index contributed by atoms with van der Waals surface area (Å²) >= 11 is 0. The van der Waals surface area contributed by atoms with Crippen molar-refractivity contribution in [1.82, 2.24) is 14.8 Å². The SMILES string of the molecule is N#Cc1ccccc1-c1cc(-c2ccccn2)nn(-c2ccccc2C#N)c1=O. The third-order valence-corrected chi connectivity index (χ3v) is 4.43. The highest BCUT2D eigenvalue weighted by molar-refractivity contribution is 5.73. The van der Waals surface area contributed by atoms with Gasteiger partial charge in [0.1, 0.15) is 11.8 Å². The highest BCUT2D eigenvalue weighted by Crippen LogP contribution is 2.25. The fraction of sp³-hybridized carbons (Fsp3) is 0. The Labute approximate surface area is 166 Å². The molecule has 0 saturated heterocycles. The summed E-state index contributed by atoms with van der Waals surface area (Å²) in [5.74, 6) is 0. The maximum Gasteiger partial charge on any atom is 0.279 e. The molecule has 6 nitrogen and oxygen atoms in total. The molecule has 0 unspecified atom stereocenters. The van der Waals surface area contributed by atoms with E-state index in [0.29, 0.717) is 39.3 Å². The molecule has 2 aromatic heterocycles. The molecule has 4 rings (SSSR count). The Kier molecular flexibility index (Phi) is 4.67. The Morgan fingerprint density at radius 2 is 1.45 bits per heavy atom. The van der Waals surface area contributed by atoms with Crippen molar-refractivity contribution in [2.24, 2.45) is 0 Å². The van der Waals surface area contributed by atoms with Crippen LogP contribution in [0.5, 0.6) is 0 Å². The Morgan fingerprint density at radius 1 is 0.759 bits per heavy atom. The fourth-order valence-electron chi connectivity index (χ4n) is 3.06. The van der Waals surface area contributed by atoms with E-state index in [1.165, 1.54) is 4.68 Å². The van der Waals surface area contributed by atoms with E-state index in [-0.39, 0.29) is 0 Å². The minimum absolute atomic E-state index is 0.311. The molecule has 4 aromatic rings. The molecule has 0 N–H and O–H groups in total. The van der Waals surface area contributed by atoms with E-state index in [9.17, 15) is 15.3 Å². The Morgan fingerprint density at radius 3 is 2.17 bits per heavy atom. The van der Waals surface area contributed by atoms with Gasteiger partial charge in [-0.3, -0.25) is 9.78 Å². The van der Waals surface area contributed by atoms with Gasteiger partial charge in [0.25, 0.3) is 5.56 Å². The quantitative estimate of drug-likeness (QED) is 0.544. The van der Waals surface area contributed by atoms with Gasteiger partial charge in [-0.05, 0) is 36.4 Å². The molecule has 0 aliphatic heterocycles. The molecule has 136 valence electrons. The topological polar surface area (TPSA) is 95.4 Å². The lowest BCUT2D eigenvalue weighted by Crippen LogP contribution is -2.24. The third-order valence-electron chi connectivity index (χ3n) is 4.43. The first-order chi connectivity index (χ1) is 14.2. The van der Waals surface area contributed by atoms with Gasteiger partial charge in [-0.25, -0.2) is 0 Å². The standard InChI is InChI=1S/C23H13N5O/c24-14-16-7-1-3-9-18(16)19-13-21(20-10-5-6-12-26-20)27-28(23(19)29)22-11-4-2-8-17(22)15-25/h1-13H. The summed E-state index contributed by atoms with van der Waals surface area (Å²) < 4.78 is 1.20. The molecule has 0 radical (unpaired) electrons. The van der Waals surface area contributed by atoms with Gasteiger partial charge in [0.15, 0.2) is 0 Å². The van der Waals surface area contributed by atoms with Crippen molar-refractivity contribution in [3.8, 4) is 40.3 Å². The first-order valence-electron chi connectivity index (χ1n) is 8.77. The van der Waals surface area contributed by atoms with Gasteiger partial charge in [0.05, 0.1) is 34.1 Å². The number of nitriles is 2. The number of nitrogens with zero attached hydrogens (tertiary/aromatic N) is 5. The van der Waals surface area contributed by atoms with E-state index in [1.54, 1.807) is 72.9 Å². The van der Waals surface area contributed by atoms with Crippen molar-refractivity contribution in [2.45, 2.75) is 0 Å².